The van der Waals surface area contributed by atoms with Crippen LogP contribution < -0.4 is 4.74 Å². The van der Waals surface area contributed by atoms with Crippen molar-refractivity contribution in [3.8, 4) is 16.9 Å². The number of aryl methyl sites for hydroxylation is 1. The summed E-state index contributed by atoms with van der Waals surface area (Å²) < 4.78 is 94.0. The highest BCUT2D eigenvalue weighted by atomic mass is 19.4. The van der Waals surface area contributed by atoms with Gasteiger partial charge in [-0.15, -0.1) is 0 Å². The topological polar surface area (TPSA) is 9.23 Å². The Morgan fingerprint density at radius 3 is 2.11 bits per heavy atom. The fraction of sp³-hybridized carbons (Fsp3) is 0.400. The van der Waals surface area contributed by atoms with Gasteiger partial charge in [-0.3, -0.25) is 0 Å². The molecule has 1 atom stereocenters. The summed E-state index contributed by atoms with van der Waals surface area (Å²) in [7, 11) is 0. The first-order chi connectivity index (χ1) is 13.0. The van der Waals surface area contributed by atoms with Gasteiger partial charge in [0.25, 0.3) is 6.17 Å². The van der Waals surface area contributed by atoms with Gasteiger partial charge in [0.1, 0.15) is 11.6 Å². The van der Waals surface area contributed by atoms with Crippen LogP contribution in [0, 0.1) is 5.82 Å². The van der Waals surface area contributed by atoms with Crippen LogP contribution in [0.3, 0.4) is 0 Å². The molecule has 2 aromatic rings. The average molecular weight is 408 g/mol. The summed E-state index contributed by atoms with van der Waals surface area (Å²) in [5.74, 6) is -1.17. The third-order valence-electron chi connectivity index (χ3n) is 4.10. The SMILES string of the molecule is CCCCCc1ccc(-c2ccc(OC(F)(F)C(F)C(F)(F)F)cc2)c(F)c1. The maximum atomic E-state index is 14.3. The van der Waals surface area contributed by atoms with Crippen LogP contribution in [0.4, 0.5) is 30.7 Å². The van der Waals surface area contributed by atoms with E-state index >= 15 is 0 Å². The van der Waals surface area contributed by atoms with Gasteiger partial charge in [0, 0.05) is 5.56 Å². The lowest BCUT2D eigenvalue weighted by Gasteiger charge is -2.23. The van der Waals surface area contributed by atoms with Gasteiger partial charge in [0.15, 0.2) is 0 Å². The molecule has 0 fully saturated rings. The van der Waals surface area contributed by atoms with Crippen molar-refractivity contribution in [2.75, 3.05) is 0 Å². The molecule has 8 heteroatoms. The quantitative estimate of drug-likeness (QED) is 0.334. The van der Waals surface area contributed by atoms with Gasteiger partial charge in [-0.2, -0.15) is 22.0 Å². The first-order valence-corrected chi connectivity index (χ1v) is 8.71. The molecule has 1 nitrogen and oxygen atoms in total. The maximum absolute atomic E-state index is 14.3. The van der Waals surface area contributed by atoms with Crippen LogP contribution in [0.25, 0.3) is 11.1 Å². The molecule has 0 aliphatic rings. The van der Waals surface area contributed by atoms with Crippen molar-refractivity contribution in [2.45, 2.75) is 51.1 Å². The minimum absolute atomic E-state index is 0.205. The molecule has 0 spiro atoms. The summed E-state index contributed by atoms with van der Waals surface area (Å²) in [6.07, 6.45) is -11.6. The van der Waals surface area contributed by atoms with Gasteiger partial charge in [0.2, 0.25) is 0 Å². The van der Waals surface area contributed by atoms with Crippen LogP contribution in [0.5, 0.6) is 5.75 Å². The monoisotopic (exact) mass is 408 g/mol. The molecule has 0 aliphatic heterocycles. The number of hydrogen-bond donors (Lipinski definition) is 0. The first kappa shape index (κ1) is 22.0. The Kier molecular flexibility index (Phi) is 6.96. The molecule has 1 unspecified atom stereocenters. The number of rotatable bonds is 8. The first-order valence-electron chi connectivity index (χ1n) is 8.71. The number of ether oxygens (including phenoxy) is 1. The van der Waals surface area contributed by atoms with Crippen LogP contribution in [0.1, 0.15) is 31.7 Å². The summed E-state index contributed by atoms with van der Waals surface area (Å²) in [6, 6.07) is 8.97. The molecule has 2 aromatic carbocycles. The highest BCUT2D eigenvalue weighted by molar-refractivity contribution is 5.65. The molecule has 28 heavy (non-hydrogen) atoms. The predicted molar refractivity (Wildman–Crippen MR) is 91.6 cm³/mol. The Morgan fingerprint density at radius 2 is 1.57 bits per heavy atom. The van der Waals surface area contributed by atoms with Crippen molar-refractivity contribution in [1.82, 2.24) is 0 Å². The molecule has 0 saturated heterocycles. The number of benzene rings is 2. The molecular weight excluding hydrogens is 389 g/mol. The Balaban J connectivity index is 2.12. The molecule has 0 bridgehead atoms. The zero-order valence-corrected chi connectivity index (χ0v) is 15.0. The number of halogens is 7. The second kappa shape index (κ2) is 8.84. The van der Waals surface area contributed by atoms with E-state index in [0.717, 1.165) is 43.4 Å². The lowest BCUT2D eigenvalue weighted by Crippen LogP contribution is -2.45. The third-order valence-corrected chi connectivity index (χ3v) is 4.10. The highest BCUT2D eigenvalue weighted by Crippen LogP contribution is 2.37. The second-order valence-corrected chi connectivity index (χ2v) is 6.36. The van der Waals surface area contributed by atoms with Crippen LogP contribution in [-0.2, 0) is 6.42 Å². The molecule has 0 radical (unpaired) electrons. The number of hydrogen-bond acceptors (Lipinski definition) is 1. The number of alkyl halides is 6. The van der Waals surface area contributed by atoms with Crippen LogP contribution >= 0.6 is 0 Å². The van der Waals surface area contributed by atoms with Crippen molar-refractivity contribution in [1.29, 1.82) is 0 Å². The fourth-order valence-corrected chi connectivity index (χ4v) is 2.63. The Labute approximate surface area is 158 Å². The Bertz CT molecular complexity index is 769. The van der Waals surface area contributed by atoms with Crippen molar-refractivity contribution >= 4 is 0 Å². The lowest BCUT2D eigenvalue weighted by molar-refractivity contribution is -0.304. The normalized spacial score (nSPS) is 13.4. The van der Waals surface area contributed by atoms with E-state index in [1.165, 1.54) is 18.2 Å². The van der Waals surface area contributed by atoms with Crippen LogP contribution in [0.15, 0.2) is 42.5 Å². The largest absolute Gasteiger partial charge is 0.439 e. The molecule has 0 amide bonds. The standard InChI is InChI=1S/C20H19F7O/c1-2-3-4-5-13-6-11-16(17(21)12-13)14-7-9-15(10-8-14)28-20(26,27)18(22)19(23,24)25/h6-12,18H,2-5H2,1H3. The smallest absolute Gasteiger partial charge is 0.430 e. The van der Waals surface area contributed by atoms with Gasteiger partial charge in [-0.25, -0.2) is 8.78 Å². The predicted octanol–water partition coefficient (Wildman–Crippen LogP) is 7.10. The molecule has 0 aromatic heterocycles. The second-order valence-electron chi connectivity index (χ2n) is 6.36. The average Bonchev–Trinajstić information content (AvgIpc) is 2.61. The molecule has 2 rings (SSSR count). The van der Waals surface area contributed by atoms with E-state index in [1.807, 2.05) is 0 Å². The summed E-state index contributed by atoms with van der Waals surface area (Å²) in [5, 5.41) is 0. The van der Waals surface area contributed by atoms with E-state index in [1.54, 1.807) is 12.1 Å². The van der Waals surface area contributed by atoms with Gasteiger partial charge < -0.3 is 4.74 Å². The summed E-state index contributed by atoms with van der Waals surface area (Å²) in [5.41, 5.74) is 1.35. The molecule has 0 heterocycles. The summed E-state index contributed by atoms with van der Waals surface area (Å²) >= 11 is 0. The van der Waals surface area contributed by atoms with Crippen molar-refractivity contribution < 1.29 is 35.5 Å². The van der Waals surface area contributed by atoms with E-state index in [0.29, 0.717) is 5.56 Å². The van der Waals surface area contributed by atoms with Crippen molar-refractivity contribution in [2.24, 2.45) is 0 Å². The van der Waals surface area contributed by atoms with E-state index in [4.69, 9.17) is 0 Å². The lowest BCUT2D eigenvalue weighted by atomic mass is 10.0. The summed E-state index contributed by atoms with van der Waals surface area (Å²) in [6.45, 7) is 2.06. The van der Waals surface area contributed by atoms with Crippen molar-refractivity contribution in [3.05, 3.63) is 53.8 Å². The highest BCUT2D eigenvalue weighted by Gasteiger charge is 2.59. The van der Waals surface area contributed by atoms with Gasteiger partial charge >= 0.3 is 12.3 Å². The van der Waals surface area contributed by atoms with Gasteiger partial charge in [-0.05, 0) is 42.2 Å². The molecule has 0 aliphatic carbocycles. The maximum Gasteiger partial charge on any atom is 0.439 e. The van der Waals surface area contributed by atoms with E-state index in [-0.39, 0.29) is 5.56 Å². The van der Waals surface area contributed by atoms with Crippen LogP contribution in [0.2, 0.25) is 0 Å². The van der Waals surface area contributed by atoms with Crippen LogP contribution in [-0.4, -0.2) is 18.5 Å². The zero-order chi connectivity index (χ0) is 20.9. The van der Waals surface area contributed by atoms with E-state index < -0.39 is 30.0 Å². The minimum Gasteiger partial charge on any atom is -0.430 e. The zero-order valence-electron chi connectivity index (χ0n) is 15.0. The minimum atomic E-state index is -5.76. The van der Waals surface area contributed by atoms with E-state index in [9.17, 15) is 30.7 Å². The van der Waals surface area contributed by atoms with Crippen molar-refractivity contribution in [3.63, 3.8) is 0 Å². The summed E-state index contributed by atoms with van der Waals surface area (Å²) in [4.78, 5) is 0. The number of unbranched alkanes of at least 4 members (excludes halogenated alkanes) is 2. The van der Waals surface area contributed by atoms with E-state index in [2.05, 4.69) is 11.7 Å². The van der Waals surface area contributed by atoms with Gasteiger partial charge in [0.05, 0.1) is 0 Å². The fourth-order valence-electron chi connectivity index (χ4n) is 2.63. The molecule has 0 N–H and O–H groups in total. The Hall–Kier alpha value is -2.25. The molecular formula is C20H19F7O. The third kappa shape index (κ3) is 5.62. The molecule has 0 saturated carbocycles. The molecule has 154 valence electrons. The Morgan fingerprint density at radius 1 is 0.929 bits per heavy atom. The van der Waals surface area contributed by atoms with Gasteiger partial charge in [-0.1, -0.05) is 44.0 Å².